The van der Waals surface area contributed by atoms with Crippen molar-refractivity contribution in [3.63, 3.8) is 0 Å². The molecule has 5 unspecified atom stereocenters. The number of rotatable bonds is 4. The van der Waals surface area contributed by atoms with Crippen LogP contribution < -0.4 is 5.73 Å². The van der Waals surface area contributed by atoms with Gasteiger partial charge >= 0.3 is 6.09 Å². The molecule has 2 saturated carbocycles. The van der Waals surface area contributed by atoms with Gasteiger partial charge in [0.05, 0.1) is 5.69 Å². The maximum absolute atomic E-state index is 11.3. The fraction of sp³-hybridized carbons (Fsp3) is 0.565. The third kappa shape index (κ3) is 5.69. The van der Waals surface area contributed by atoms with Gasteiger partial charge in [0, 0.05) is 16.6 Å². The van der Waals surface area contributed by atoms with Gasteiger partial charge in [-0.05, 0) is 78.1 Å². The van der Waals surface area contributed by atoms with Crippen LogP contribution in [0.25, 0.3) is 6.08 Å². The summed E-state index contributed by atoms with van der Waals surface area (Å²) in [5.74, 6) is 1.68. The van der Waals surface area contributed by atoms with Crippen LogP contribution in [0.15, 0.2) is 41.0 Å². The number of nitrogens with two attached hydrogens (primary N) is 1. The third-order valence-corrected chi connectivity index (χ3v) is 6.39. The second-order valence-electron chi connectivity index (χ2n) is 7.58. The van der Waals surface area contributed by atoms with Crippen molar-refractivity contribution in [2.45, 2.75) is 59.0 Å². The predicted molar refractivity (Wildman–Crippen MR) is 119 cm³/mol. The van der Waals surface area contributed by atoms with Crippen molar-refractivity contribution in [1.82, 2.24) is 4.98 Å². The number of nitrogens with zero attached hydrogens (tertiary/aromatic N) is 1. The lowest BCUT2D eigenvalue weighted by atomic mass is 9.59. The minimum absolute atomic E-state index is 0.105. The number of pyridine rings is 1. The molecule has 154 valence electrons. The number of carbonyl (C=O) groups is 1. The first-order valence-electron chi connectivity index (χ1n) is 10.4. The molecule has 1 aromatic heterocycles. The van der Waals surface area contributed by atoms with E-state index >= 15 is 0 Å². The molecular weight excluding hydrogens is 416 g/mol. The molecule has 0 aromatic carbocycles. The highest BCUT2D eigenvalue weighted by molar-refractivity contribution is 9.10. The average molecular weight is 449 g/mol. The Hall–Kier alpha value is -1.62. The molecule has 1 heterocycles. The Morgan fingerprint density at radius 2 is 2.07 bits per heavy atom. The molecule has 4 nitrogen and oxygen atoms in total. The molecule has 0 spiro atoms. The quantitative estimate of drug-likeness (QED) is 0.544. The standard InChI is InChI=1S/C21H27BrN2O2.C2H6/c1-13-11-15-5-3-4-6-18(15)19(20(13)14(2)26-21(23)25)10-9-17-8-7-16(22)12-24-17;1-2/h7-10,12,14-15,18-20H,1,3-6,11H2,2H3,(H2,23,25);1-2H3/b10-9+;. The van der Waals surface area contributed by atoms with E-state index in [-0.39, 0.29) is 12.0 Å². The third-order valence-electron chi connectivity index (χ3n) is 5.92. The monoisotopic (exact) mass is 448 g/mol. The molecule has 2 aliphatic carbocycles. The molecule has 5 heteroatoms. The predicted octanol–water partition coefficient (Wildman–Crippen LogP) is 6.37. The molecule has 1 aromatic rings. The van der Waals surface area contributed by atoms with Crippen LogP contribution in [-0.2, 0) is 4.74 Å². The molecule has 0 radical (unpaired) electrons. The zero-order valence-corrected chi connectivity index (χ0v) is 18.8. The van der Waals surface area contributed by atoms with Gasteiger partial charge in [0.25, 0.3) is 0 Å². The fourth-order valence-corrected chi connectivity index (χ4v) is 5.10. The lowest BCUT2D eigenvalue weighted by Crippen LogP contribution is -2.42. The molecule has 2 fully saturated rings. The zero-order valence-electron chi connectivity index (χ0n) is 17.2. The Balaban J connectivity index is 0.00000136. The van der Waals surface area contributed by atoms with Crippen LogP contribution in [-0.4, -0.2) is 17.2 Å². The topological polar surface area (TPSA) is 65.2 Å². The summed E-state index contributed by atoms with van der Waals surface area (Å²) in [6.07, 6.45) is 11.3. The minimum Gasteiger partial charge on any atom is -0.446 e. The highest BCUT2D eigenvalue weighted by atomic mass is 79.9. The largest absolute Gasteiger partial charge is 0.446 e. The van der Waals surface area contributed by atoms with Crippen LogP contribution in [0.2, 0.25) is 0 Å². The second-order valence-corrected chi connectivity index (χ2v) is 8.49. The highest BCUT2D eigenvalue weighted by Gasteiger charge is 2.43. The fourth-order valence-electron chi connectivity index (χ4n) is 4.87. The van der Waals surface area contributed by atoms with E-state index in [9.17, 15) is 4.79 Å². The van der Waals surface area contributed by atoms with Crippen LogP contribution in [0, 0.1) is 23.7 Å². The second kappa shape index (κ2) is 10.8. The van der Waals surface area contributed by atoms with Crippen LogP contribution in [0.4, 0.5) is 4.79 Å². The van der Waals surface area contributed by atoms with Crippen LogP contribution in [0.3, 0.4) is 0 Å². The van der Waals surface area contributed by atoms with Crippen LogP contribution >= 0.6 is 15.9 Å². The number of hydrogen-bond acceptors (Lipinski definition) is 3. The number of aromatic nitrogens is 1. The molecule has 0 bridgehead atoms. The number of carbonyl (C=O) groups excluding carboxylic acids is 1. The molecule has 28 heavy (non-hydrogen) atoms. The smallest absolute Gasteiger partial charge is 0.404 e. The van der Waals surface area contributed by atoms with E-state index in [1.54, 1.807) is 6.20 Å². The molecule has 3 rings (SSSR count). The molecule has 1 amide bonds. The molecule has 5 atom stereocenters. The molecule has 0 aliphatic heterocycles. The maximum atomic E-state index is 11.3. The summed E-state index contributed by atoms with van der Waals surface area (Å²) in [6, 6.07) is 3.99. The van der Waals surface area contributed by atoms with Gasteiger partial charge in [-0.25, -0.2) is 4.79 Å². The van der Waals surface area contributed by atoms with Crippen molar-refractivity contribution in [3.05, 3.63) is 46.7 Å². The Bertz CT molecular complexity index is 686. The van der Waals surface area contributed by atoms with E-state index in [1.807, 2.05) is 32.9 Å². The van der Waals surface area contributed by atoms with Crippen molar-refractivity contribution in [3.8, 4) is 0 Å². The van der Waals surface area contributed by atoms with Crippen LogP contribution in [0.1, 0.15) is 58.6 Å². The summed E-state index contributed by atoms with van der Waals surface area (Å²) < 4.78 is 6.33. The van der Waals surface area contributed by atoms with Crippen molar-refractivity contribution in [2.75, 3.05) is 0 Å². The van der Waals surface area contributed by atoms with Crippen molar-refractivity contribution in [2.24, 2.45) is 29.4 Å². The SMILES string of the molecule is C=C1CC2CCCCC2C(/C=C/c2ccc(Br)cn2)C1C(C)OC(N)=O.CC. The minimum atomic E-state index is -0.714. The molecule has 2 aliphatic rings. The number of primary amides is 1. The summed E-state index contributed by atoms with van der Waals surface area (Å²) >= 11 is 3.42. The number of halogens is 1. The maximum Gasteiger partial charge on any atom is 0.404 e. The number of allylic oxidation sites excluding steroid dienone is 1. The molecule has 2 N–H and O–H groups in total. The number of fused-ring (bicyclic) bond motifs is 1. The van der Waals surface area contributed by atoms with Gasteiger partial charge in [-0.3, -0.25) is 4.98 Å². The Labute approximate surface area is 177 Å². The Morgan fingerprint density at radius 1 is 1.36 bits per heavy atom. The van der Waals surface area contributed by atoms with Gasteiger partial charge in [-0.1, -0.05) is 44.9 Å². The summed E-state index contributed by atoms with van der Waals surface area (Å²) in [5, 5.41) is 0. The summed E-state index contributed by atoms with van der Waals surface area (Å²) in [4.78, 5) is 15.7. The van der Waals surface area contributed by atoms with E-state index in [2.05, 4.69) is 39.6 Å². The number of ether oxygens (including phenoxy) is 1. The summed E-state index contributed by atoms with van der Waals surface area (Å²) in [6.45, 7) is 10.3. The summed E-state index contributed by atoms with van der Waals surface area (Å²) in [7, 11) is 0. The van der Waals surface area contributed by atoms with Crippen molar-refractivity contribution >= 4 is 28.1 Å². The Morgan fingerprint density at radius 3 is 2.71 bits per heavy atom. The normalized spacial score (nSPS) is 28.1. The number of hydrogen-bond donors (Lipinski definition) is 1. The van der Waals surface area contributed by atoms with Gasteiger partial charge in [-0.15, -0.1) is 0 Å². The average Bonchev–Trinajstić information content (AvgIpc) is 2.68. The zero-order chi connectivity index (χ0) is 20.7. The first-order valence-corrected chi connectivity index (χ1v) is 11.2. The lowest BCUT2D eigenvalue weighted by Gasteiger charge is -2.47. The van der Waals surface area contributed by atoms with Gasteiger partial charge < -0.3 is 10.5 Å². The van der Waals surface area contributed by atoms with E-state index in [4.69, 9.17) is 10.5 Å². The van der Waals surface area contributed by atoms with Crippen molar-refractivity contribution < 1.29 is 9.53 Å². The first kappa shape index (κ1) is 22.7. The van der Waals surface area contributed by atoms with E-state index in [0.717, 1.165) is 16.6 Å². The van der Waals surface area contributed by atoms with E-state index < -0.39 is 6.09 Å². The first-order chi connectivity index (χ1) is 13.5. The van der Waals surface area contributed by atoms with Gasteiger partial charge in [0.15, 0.2) is 0 Å². The van der Waals surface area contributed by atoms with E-state index in [0.29, 0.717) is 17.8 Å². The molecule has 0 saturated heterocycles. The Kier molecular flexibility index (Phi) is 8.74. The van der Waals surface area contributed by atoms with Gasteiger partial charge in [0.1, 0.15) is 6.10 Å². The van der Waals surface area contributed by atoms with E-state index in [1.165, 1.54) is 31.3 Å². The van der Waals surface area contributed by atoms with Gasteiger partial charge in [-0.2, -0.15) is 0 Å². The highest BCUT2D eigenvalue weighted by Crippen LogP contribution is 2.50. The van der Waals surface area contributed by atoms with Crippen LogP contribution in [0.5, 0.6) is 0 Å². The molecular formula is C23H33BrN2O2. The van der Waals surface area contributed by atoms with Crippen molar-refractivity contribution in [1.29, 1.82) is 0 Å². The van der Waals surface area contributed by atoms with Gasteiger partial charge in [0.2, 0.25) is 0 Å². The number of amides is 1. The summed E-state index contributed by atoms with van der Waals surface area (Å²) in [5.41, 5.74) is 7.39. The lowest BCUT2D eigenvalue weighted by molar-refractivity contribution is 0.0315.